The van der Waals surface area contributed by atoms with Crippen LogP contribution < -0.4 is 0 Å². The van der Waals surface area contributed by atoms with Crippen molar-refractivity contribution in [1.82, 2.24) is 0 Å². The molecule has 1 saturated carbocycles. The van der Waals surface area contributed by atoms with Crippen molar-refractivity contribution >= 4 is 5.97 Å². The second kappa shape index (κ2) is 3.70. The molecule has 4 nitrogen and oxygen atoms in total. The van der Waals surface area contributed by atoms with Crippen LogP contribution in [0.3, 0.4) is 0 Å². The van der Waals surface area contributed by atoms with Gasteiger partial charge in [0.25, 0.3) is 0 Å². The summed E-state index contributed by atoms with van der Waals surface area (Å²) < 4.78 is 11.2. The summed E-state index contributed by atoms with van der Waals surface area (Å²) in [4.78, 5) is 11.3. The van der Waals surface area contributed by atoms with Gasteiger partial charge in [-0.1, -0.05) is 20.8 Å². The van der Waals surface area contributed by atoms with E-state index in [2.05, 4.69) is 20.8 Å². The normalized spacial score (nSPS) is 33.4. The number of hydrogen-bond acceptors (Lipinski definition) is 3. The maximum atomic E-state index is 11.3. The van der Waals surface area contributed by atoms with Crippen molar-refractivity contribution in [3.05, 3.63) is 0 Å². The van der Waals surface area contributed by atoms with Crippen LogP contribution in [0.2, 0.25) is 0 Å². The number of rotatable bonds is 1. The Hall–Kier alpha value is -0.610. The first-order valence-corrected chi connectivity index (χ1v) is 5.85. The van der Waals surface area contributed by atoms with Gasteiger partial charge in [-0.2, -0.15) is 0 Å². The van der Waals surface area contributed by atoms with E-state index in [1.54, 1.807) is 0 Å². The van der Waals surface area contributed by atoms with Gasteiger partial charge in [-0.3, -0.25) is 4.79 Å². The maximum absolute atomic E-state index is 11.3. The number of aliphatic carboxylic acids is 1. The molecule has 0 aromatic rings. The SMILES string of the molecule is CC(C)(C)[C@H]1CC2(C[C@@H]1C(=O)O)OCCO2. The van der Waals surface area contributed by atoms with Gasteiger partial charge in [0.1, 0.15) is 0 Å². The zero-order chi connectivity index (χ0) is 12.0. The molecule has 2 fully saturated rings. The highest BCUT2D eigenvalue weighted by Gasteiger charge is 2.54. The standard InChI is InChI=1S/C12H20O4/c1-11(2,3)9-7-12(15-4-5-16-12)6-8(9)10(13)14/h8-9H,4-7H2,1-3H3,(H,13,14)/t8-,9-/m0/s1. The van der Waals surface area contributed by atoms with Crippen LogP contribution in [0.5, 0.6) is 0 Å². The van der Waals surface area contributed by atoms with E-state index in [9.17, 15) is 9.90 Å². The topological polar surface area (TPSA) is 55.8 Å². The van der Waals surface area contributed by atoms with Crippen LogP contribution in [-0.4, -0.2) is 30.1 Å². The average Bonchev–Trinajstić information content (AvgIpc) is 2.73. The molecule has 1 saturated heterocycles. The first kappa shape index (κ1) is 11.9. The third-order valence-electron chi connectivity index (χ3n) is 3.79. The van der Waals surface area contributed by atoms with E-state index in [1.807, 2.05) is 0 Å². The predicted molar refractivity (Wildman–Crippen MR) is 57.9 cm³/mol. The minimum Gasteiger partial charge on any atom is -0.481 e. The lowest BCUT2D eigenvalue weighted by Gasteiger charge is -2.30. The lowest BCUT2D eigenvalue weighted by molar-refractivity contribution is -0.160. The molecule has 16 heavy (non-hydrogen) atoms. The van der Waals surface area contributed by atoms with Gasteiger partial charge in [0.15, 0.2) is 5.79 Å². The first-order chi connectivity index (χ1) is 7.34. The molecular formula is C12H20O4. The number of carboxylic acids is 1. The molecule has 2 rings (SSSR count). The number of carbonyl (C=O) groups is 1. The molecule has 0 unspecified atom stereocenters. The fourth-order valence-electron chi connectivity index (χ4n) is 2.94. The first-order valence-electron chi connectivity index (χ1n) is 5.85. The maximum Gasteiger partial charge on any atom is 0.307 e. The summed E-state index contributed by atoms with van der Waals surface area (Å²) in [6, 6.07) is 0. The second-order valence-electron chi connectivity index (χ2n) is 5.93. The van der Waals surface area contributed by atoms with Crippen LogP contribution in [0.15, 0.2) is 0 Å². The Morgan fingerprint density at radius 3 is 2.19 bits per heavy atom. The lowest BCUT2D eigenvalue weighted by atomic mass is 9.75. The molecule has 1 aliphatic heterocycles. The number of carboxylic acid groups (broad SMARTS) is 1. The molecular weight excluding hydrogens is 208 g/mol. The molecule has 0 aromatic carbocycles. The van der Waals surface area contributed by atoms with Crippen molar-refractivity contribution in [2.45, 2.75) is 39.4 Å². The number of hydrogen-bond donors (Lipinski definition) is 1. The fourth-order valence-corrected chi connectivity index (χ4v) is 2.94. The Bertz CT molecular complexity index is 286. The molecule has 1 N–H and O–H groups in total. The zero-order valence-electron chi connectivity index (χ0n) is 10.2. The van der Waals surface area contributed by atoms with Gasteiger partial charge in [-0.25, -0.2) is 0 Å². The quantitative estimate of drug-likeness (QED) is 0.744. The van der Waals surface area contributed by atoms with Gasteiger partial charge in [0, 0.05) is 12.8 Å². The smallest absolute Gasteiger partial charge is 0.307 e. The van der Waals surface area contributed by atoms with Gasteiger partial charge in [-0.05, 0) is 11.3 Å². The summed E-state index contributed by atoms with van der Waals surface area (Å²) in [6.07, 6.45) is 1.19. The minimum atomic E-state index is -0.726. The highest BCUT2D eigenvalue weighted by atomic mass is 16.7. The Balaban J connectivity index is 2.21. The van der Waals surface area contributed by atoms with Crippen molar-refractivity contribution in [2.75, 3.05) is 13.2 Å². The summed E-state index contributed by atoms with van der Waals surface area (Å²) in [5, 5.41) is 9.28. The van der Waals surface area contributed by atoms with Crippen molar-refractivity contribution in [1.29, 1.82) is 0 Å². The summed E-state index contributed by atoms with van der Waals surface area (Å²) in [7, 11) is 0. The summed E-state index contributed by atoms with van der Waals surface area (Å²) in [5.41, 5.74) is -0.0259. The van der Waals surface area contributed by atoms with E-state index in [1.165, 1.54) is 0 Å². The summed E-state index contributed by atoms with van der Waals surface area (Å²) in [5.74, 6) is -1.57. The molecule has 1 spiro atoms. The molecule has 0 amide bonds. The van der Waals surface area contributed by atoms with Crippen LogP contribution >= 0.6 is 0 Å². The van der Waals surface area contributed by atoms with Crippen LogP contribution in [0.25, 0.3) is 0 Å². The van der Waals surface area contributed by atoms with Gasteiger partial charge >= 0.3 is 5.97 Å². The van der Waals surface area contributed by atoms with Crippen molar-refractivity contribution < 1.29 is 19.4 Å². The van der Waals surface area contributed by atoms with Gasteiger partial charge in [0.05, 0.1) is 19.1 Å². The predicted octanol–water partition coefficient (Wildman–Crippen LogP) is 1.89. The Labute approximate surface area is 95.9 Å². The molecule has 0 aromatic heterocycles. The Kier molecular flexibility index (Phi) is 2.75. The molecule has 2 aliphatic rings. The molecule has 0 bridgehead atoms. The van der Waals surface area contributed by atoms with E-state index in [-0.39, 0.29) is 17.3 Å². The van der Waals surface area contributed by atoms with Crippen LogP contribution in [0.1, 0.15) is 33.6 Å². The monoisotopic (exact) mass is 228 g/mol. The van der Waals surface area contributed by atoms with Crippen molar-refractivity contribution in [2.24, 2.45) is 17.3 Å². The third-order valence-corrected chi connectivity index (χ3v) is 3.79. The van der Waals surface area contributed by atoms with E-state index in [0.29, 0.717) is 26.1 Å². The lowest BCUT2D eigenvalue weighted by Crippen LogP contribution is -2.29. The highest BCUT2D eigenvalue weighted by molar-refractivity contribution is 5.71. The second-order valence-corrected chi connectivity index (χ2v) is 5.93. The van der Waals surface area contributed by atoms with Crippen molar-refractivity contribution in [3.8, 4) is 0 Å². The zero-order valence-corrected chi connectivity index (χ0v) is 10.2. The van der Waals surface area contributed by atoms with E-state index >= 15 is 0 Å². The third kappa shape index (κ3) is 1.96. The van der Waals surface area contributed by atoms with E-state index in [0.717, 1.165) is 0 Å². The van der Waals surface area contributed by atoms with Gasteiger partial charge in [-0.15, -0.1) is 0 Å². The summed E-state index contributed by atoms with van der Waals surface area (Å²) >= 11 is 0. The number of ether oxygens (including phenoxy) is 2. The Morgan fingerprint density at radius 1 is 1.25 bits per heavy atom. The van der Waals surface area contributed by atoms with E-state index < -0.39 is 11.8 Å². The van der Waals surface area contributed by atoms with Gasteiger partial charge in [0.2, 0.25) is 0 Å². The molecule has 1 aliphatic carbocycles. The fraction of sp³-hybridized carbons (Fsp3) is 0.917. The van der Waals surface area contributed by atoms with E-state index in [4.69, 9.17) is 9.47 Å². The largest absolute Gasteiger partial charge is 0.481 e. The Morgan fingerprint density at radius 2 is 1.81 bits per heavy atom. The van der Waals surface area contributed by atoms with Crippen LogP contribution in [-0.2, 0) is 14.3 Å². The highest BCUT2D eigenvalue weighted by Crippen LogP contribution is 2.51. The van der Waals surface area contributed by atoms with Gasteiger partial charge < -0.3 is 14.6 Å². The van der Waals surface area contributed by atoms with Crippen LogP contribution in [0, 0.1) is 17.3 Å². The molecule has 4 heteroatoms. The molecule has 1 heterocycles. The minimum absolute atomic E-state index is 0.0259. The molecule has 92 valence electrons. The summed E-state index contributed by atoms with van der Waals surface area (Å²) in [6.45, 7) is 7.43. The molecule has 2 atom stereocenters. The van der Waals surface area contributed by atoms with Crippen molar-refractivity contribution in [3.63, 3.8) is 0 Å². The molecule has 0 radical (unpaired) electrons. The average molecular weight is 228 g/mol. The van der Waals surface area contributed by atoms with Crippen LogP contribution in [0.4, 0.5) is 0 Å².